The smallest absolute Gasteiger partial charge is 0.254 e. The fraction of sp³-hybridized carbons (Fsp3) is 0.400. The number of nitrogens with zero attached hydrogens (tertiary/aromatic N) is 4. The van der Waals surface area contributed by atoms with E-state index in [0.717, 1.165) is 22.4 Å². The number of thiophene rings is 1. The number of H-pyrrole nitrogens is 1. The summed E-state index contributed by atoms with van der Waals surface area (Å²) in [4.78, 5) is 24.4. The highest BCUT2D eigenvalue weighted by atomic mass is 32.1. The molecule has 2 N–H and O–H groups in total. The minimum atomic E-state index is -1.03. The molecule has 0 bridgehead atoms. The first-order chi connectivity index (χ1) is 13.5. The van der Waals surface area contributed by atoms with Gasteiger partial charge >= 0.3 is 0 Å². The second-order valence-corrected chi connectivity index (χ2v) is 8.20. The zero-order chi connectivity index (χ0) is 19.7. The van der Waals surface area contributed by atoms with Gasteiger partial charge in [0.2, 0.25) is 0 Å². The number of rotatable bonds is 4. The summed E-state index contributed by atoms with van der Waals surface area (Å²) in [7, 11) is 0. The van der Waals surface area contributed by atoms with Crippen LogP contribution in [0.5, 0.6) is 0 Å². The van der Waals surface area contributed by atoms with Gasteiger partial charge < -0.3 is 10.0 Å². The maximum atomic E-state index is 13.2. The molecule has 0 saturated carbocycles. The first-order valence-corrected chi connectivity index (χ1v) is 10.3. The predicted octanol–water partition coefficient (Wildman–Crippen LogP) is 3.14. The molecule has 0 radical (unpaired) electrons. The highest BCUT2D eigenvalue weighted by Gasteiger charge is 2.42. The SMILES string of the molecule is CCC1CC(O)(c2ncncc2C)CCN1C(=O)c1csc(-c2cn[nH]c2)c1. The highest BCUT2D eigenvalue weighted by Crippen LogP contribution is 2.38. The normalized spacial score (nSPS) is 22.4. The van der Waals surface area contributed by atoms with Crippen LogP contribution in [-0.4, -0.2) is 48.7 Å². The number of piperidine rings is 1. The van der Waals surface area contributed by atoms with Crippen LogP contribution in [0.3, 0.4) is 0 Å². The monoisotopic (exact) mass is 397 g/mol. The van der Waals surface area contributed by atoms with Crippen molar-refractivity contribution in [3.05, 3.63) is 53.2 Å². The largest absolute Gasteiger partial charge is 0.383 e. The molecule has 3 aromatic heterocycles. The summed E-state index contributed by atoms with van der Waals surface area (Å²) in [5, 5.41) is 19.9. The van der Waals surface area contributed by atoms with Crippen LogP contribution >= 0.6 is 11.3 Å². The van der Waals surface area contributed by atoms with E-state index in [1.807, 2.05) is 36.4 Å². The third-order valence-corrected chi connectivity index (χ3v) is 6.46. The minimum absolute atomic E-state index is 0.0132. The summed E-state index contributed by atoms with van der Waals surface area (Å²) in [5.74, 6) is 0.0132. The van der Waals surface area contributed by atoms with Crippen LogP contribution in [0.15, 0.2) is 36.4 Å². The molecule has 1 saturated heterocycles. The average molecular weight is 398 g/mol. The lowest BCUT2D eigenvalue weighted by atomic mass is 9.81. The molecule has 1 fully saturated rings. The van der Waals surface area contributed by atoms with Crippen LogP contribution in [-0.2, 0) is 5.60 Å². The minimum Gasteiger partial charge on any atom is -0.383 e. The van der Waals surface area contributed by atoms with Crippen molar-refractivity contribution in [1.82, 2.24) is 25.1 Å². The zero-order valence-electron chi connectivity index (χ0n) is 15.9. The van der Waals surface area contributed by atoms with E-state index in [4.69, 9.17) is 0 Å². The number of aromatic amines is 1. The Hall–Kier alpha value is -2.58. The number of amides is 1. The zero-order valence-corrected chi connectivity index (χ0v) is 16.7. The van der Waals surface area contributed by atoms with E-state index in [0.29, 0.717) is 30.6 Å². The van der Waals surface area contributed by atoms with Crippen molar-refractivity contribution < 1.29 is 9.90 Å². The number of hydrogen-bond donors (Lipinski definition) is 2. The summed E-state index contributed by atoms with van der Waals surface area (Å²) >= 11 is 1.53. The highest BCUT2D eigenvalue weighted by molar-refractivity contribution is 7.13. The molecule has 1 aliphatic rings. The molecule has 1 amide bonds. The van der Waals surface area contributed by atoms with Gasteiger partial charge in [-0.3, -0.25) is 9.89 Å². The van der Waals surface area contributed by atoms with E-state index in [1.165, 1.54) is 17.7 Å². The van der Waals surface area contributed by atoms with Crippen molar-refractivity contribution in [1.29, 1.82) is 0 Å². The van der Waals surface area contributed by atoms with Gasteiger partial charge in [-0.05, 0) is 31.4 Å². The lowest BCUT2D eigenvalue weighted by Crippen LogP contribution is -2.51. The number of carbonyl (C=O) groups is 1. The number of carbonyl (C=O) groups excluding carboxylic acids is 1. The van der Waals surface area contributed by atoms with Crippen LogP contribution in [0.4, 0.5) is 0 Å². The van der Waals surface area contributed by atoms with Gasteiger partial charge in [0, 0.05) is 47.2 Å². The molecule has 4 rings (SSSR count). The van der Waals surface area contributed by atoms with Gasteiger partial charge in [-0.15, -0.1) is 11.3 Å². The van der Waals surface area contributed by atoms with Crippen molar-refractivity contribution in [2.24, 2.45) is 0 Å². The van der Waals surface area contributed by atoms with Crippen molar-refractivity contribution in [2.45, 2.75) is 44.8 Å². The molecule has 2 unspecified atom stereocenters. The summed E-state index contributed by atoms with van der Waals surface area (Å²) in [6.45, 7) is 4.46. The van der Waals surface area contributed by atoms with Gasteiger partial charge in [0.15, 0.2) is 0 Å². The van der Waals surface area contributed by atoms with Gasteiger partial charge in [-0.25, -0.2) is 9.97 Å². The Labute approximate surface area is 167 Å². The molecular formula is C20H23N5O2S. The van der Waals surface area contributed by atoms with E-state index in [2.05, 4.69) is 20.2 Å². The van der Waals surface area contributed by atoms with Crippen molar-refractivity contribution in [3.8, 4) is 10.4 Å². The molecule has 146 valence electrons. The molecule has 8 heteroatoms. The Morgan fingerprint density at radius 1 is 1.46 bits per heavy atom. The van der Waals surface area contributed by atoms with Crippen molar-refractivity contribution in [2.75, 3.05) is 6.54 Å². The van der Waals surface area contributed by atoms with Gasteiger partial charge in [0.25, 0.3) is 5.91 Å². The van der Waals surface area contributed by atoms with Crippen LogP contribution in [0.1, 0.15) is 47.8 Å². The van der Waals surface area contributed by atoms with E-state index in [9.17, 15) is 9.90 Å². The Morgan fingerprint density at radius 3 is 3.04 bits per heavy atom. The molecule has 1 aliphatic heterocycles. The molecule has 4 heterocycles. The first-order valence-electron chi connectivity index (χ1n) is 9.40. The maximum absolute atomic E-state index is 13.2. The summed E-state index contributed by atoms with van der Waals surface area (Å²) in [6.07, 6.45) is 8.48. The molecule has 2 atom stereocenters. The fourth-order valence-corrected chi connectivity index (χ4v) is 4.84. The number of hydrogen-bond acceptors (Lipinski definition) is 6. The fourth-order valence-electron chi connectivity index (χ4n) is 3.97. The molecular weight excluding hydrogens is 374 g/mol. The molecule has 7 nitrogen and oxygen atoms in total. The van der Waals surface area contributed by atoms with E-state index in [1.54, 1.807) is 12.4 Å². The predicted molar refractivity (Wildman–Crippen MR) is 107 cm³/mol. The van der Waals surface area contributed by atoms with E-state index < -0.39 is 5.60 Å². The van der Waals surface area contributed by atoms with Gasteiger partial charge in [-0.2, -0.15) is 5.10 Å². The number of aromatic nitrogens is 4. The average Bonchev–Trinajstić information content (AvgIpc) is 3.39. The van der Waals surface area contributed by atoms with E-state index in [-0.39, 0.29) is 11.9 Å². The van der Waals surface area contributed by atoms with Gasteiger partial charge in [-0.1, -0.05) is 6.92 Å². The van der Waals surface area contributed by atoms with Crippen LogP contribution < -0.4 is 0 Å². The lowest BCUT2D eigenvalue weighted by Gasteiger charge is -2.43. The maximum Gasteiger partial charge on any atom is 0.254 e. The molecule has 28 heavy (non-hydrogen) atoms. The quantitative estimate of drug-likeness (QED) is 0.705. The number of nitrogens with one attached hydrogen (secondary N) is 1. The third kappa shape index (κ3) is 3.33. The first kappa shape index (κ1) is 18.8. The van der Waals surface area contributed by atoms with Gasteiger partial charge in [0.1, 0.15) is 11.9 Å². The Bertz CT molecular complexity index is 971. The Balaban J connectivity index is 1.55. The van der Waals surface area contributed by atoms with Gasteiger partial charge in [0.05, 0.1) is 17.5 Å². The molecule has 0 aromatic carbocycles. The number of aryl methyl sites for hydroxylation is 1. The van der Waals surface area contributed by atoms with Crippen LogP contribution in [0, 0.1) is 6.92 Å². The van der Waals surface area contributed by atoms with Crippen LogP contribution in [0.25, 0.3) is 10.4 Å². The number of likely N-dealkylation sites (tertiary alicyclic amines) is 1. The third-order valence-electron chi connectivity index (χ3n) is 5.48. The standard InChI is InChI=1S/C20H23N5O2S/c1-3-16-7-20(27,18-13(2)8-21-12-22-18)4-5-25(16)19(26)14-6-17(28-11-14)15-9-23-24-10-15/h6,8-12,16,27H,3-5,7H2,1-2H3,(H,23,24). The second-order valence-electron chi connectivity index (χ2n) is 7.29. The number of aliphatic hydroxyl groups is 1. The molecule has 3 aromatic rings. The van der Waals surface area contributed by atoms with Crippen LogP contribution in [0.2, 0.25) is 0 Å². The lowest BCUT2D eigenvalue weighted by molar-refractivity contribution is -0.0479. The second kappa shape index (κ2) is 7.44. The molecule has 0 spiro atoms. The summed E-state index contributed by atoms with van der Waals surface area (Å²) < 4.78 is 0. The van der Waals surface area contributed by atoms with E-state index >= 15 is 0 Å². The summed E-state index contributed by atoms with van der Waals surface area (Å²) in [6, 6.07) is 1.87. The topological polar surface area (TPSA) is 95.0 Å². The van der Waals surface area contributed by atoms with Crippen molar-refractivity contribution in [3.63, 3.8) is 0 Å². The van der Waals surface area contributed by atoms with Crippen molar-refractivity contribution >= 4 is 17.2 Å². The Kier molecular flexibility index (Phi) is 4.99. The summed E-state index contributed by atoms with van der Waals surface area (Å²) in [5.41, 5.74) is 2.18. The molecule has 0 aliphatic carbocycles. The Morgan fingerprint density at radius 2 is 2.32 bits per heavy atom.